The molecule has 1 atom stereocenters. The molecule has 2 aliphatic rings. The predicted octanol–water partition coefficient (Wildman–Crippen LogP) is 2.10. The maximum absolute atomic E-state index is 12.7. The van der Waals surface area contributed by atoms with Crippen LogP contribution in [0.15, 0.2) is 0 Å². The van der Waals surface area contributed by atoms with Gasteiger partial charge in [-0.25, -0.2) is 0 Å². The Morgan fingerprint density at radius 1 is 1.40 bits per heavy atom. The molecule has 1 unspecified atom stereocenters. The summed E-state index contributed by atoms with van der Waals surface area (Å²) in [5, 5.41) is 2.76. The minimum Gasteiger partial charge on any atom is -0.383 e. The van der Waals surface area contributed by atoms with E-state index in [0.717, 1.165) is 12.8 Å². The van der Waals surface area contributed by atoms with Crippen LogP contribution in [0.25, 0.3) is 0 Å². The lowest BCUT2D eigenvalue weighted by atomic mass is 10.1. The van der Waals surface area contributed by atoms with Gasteiger partial charge in [-0.2, -0.15) is 13.2 Å². The van der Waals surface area contributed by atoms with E-state index < -0.39 is 11.7 Å². The third kappa shape index (κ3) is 2.28. The minimum atomic E-state index is -4.12. The molecule has 2 fully saturated rings. The molecular formula is C10H16F3NO. The van der Waals surface area contributed by atoms with E-state index in [9.17, 15) is 13.2 Å². The number of rotatable bonds is 5. The summed E-state index contributed by atoms with van der Waals surface area (Å²) >= 11 is 0. The van der Waals surface area contributed by atoms with Gasteiger partial charge in [0.25, 0.3) is 0 Å². The number of hydrogen-bond donors (Lipinski definition) is 1. The summed E-state index contributed by atoms with van der Waals surface area (Å²) in [6.45, 7) is 0.377. The molecule has 0 radical (unpaired) electrons. The van der Waals surface area contributed by atoms with Crippen LogP contribution in [0, 0.1) is 5.92 Å². The second-order valence-electron chi connectivity index (χ2n) is 4.62. The molecule has 2 aliphatic carbocycles. The minimum absolute atomic E-state index is 0.126. The molecule has 0 amide bonds. The van der Waals surface area contributed by atoms with Crippen LogP contribution in [-0.4, -0.2) is 31.5 Å². The largest absolute Gasteiger partial charge is 0.406 e. The molecule has 0 spiro atoms. The van der Waals surface area contributed by atoms with E-state index in [2.05, 4.69) is 5.32 Å². The second-order valence-corrected chi connectivity index (χ2v) is 4.62. The van der Waals surface area contributed by atoms with Crippen LogP contribution in [0.4, 0.5) is 13.2 Å². The fraction of sp³-hybridized carbons (Fsp3) is 1.00. The van der Waals surface area contributed by atoms with E-state index in [1.165, 1.54) is 7.11 Å². The van der Waals surface area contributed by atoms with E-state index in [-0.39, 0.29) is 18.9 Å². The number of halogens is 3. The topological polar surface area (TPSA) is 21.3 Å². The van der Waals surface area contributed by atoms with Crippen molar-refractivity contribution in [3.8, 4) is 0 Å². The average molecular weight is 223 g/mol. The highest BCUT2D eigenvalue weighted by atomic mass is 19.4. The number of methoxy groups -OCH3 is 1. The van der Waals surface area contributed by atoms with E-state index in [1.54, 1.807) is 0 Å². The summed E-state index contributed by atoms with van der Waals surface area (Å²) in [5.41, 5.74) is -1.60. The first-order chi connectivity index (χ1) is 6.98. The zero-order valence-electron chi connectivity index (χ0n) is 8.73. The second kappa shape index (κ2) is 3.63. The predicted molar refractivity (Wildman–Crippen MR) is 49.5 cm³/mol. The smallest absolute Gasteiger partial charge is 0.383 e. The number of alkyl halides is 3. The highest BCUT2D eigenvalue weighted by Gasteiger charge is 2.64. The molecule has 88 valence electrons. The highest BCUT2D eigenvalue weighted by Crippen LogP contribution is 2.50. The fourth-order valence-electron chi connectivity index (χ4n) is 1.96. The van der Waals surface area contributed by atoms with Crippen LogP contribution in [0.2, 0.25) is 0 Å². The molecule has 0 bridgehead atoms. The Bertz CT molecular complexity index is 233. The van der Waals surface area contributed by atoms with Crippen molar-refractivity contribution in [1.82, 2.24) is 5.32 Å². The molecule has 0 aromatic rings. The third-order valence-corrected chi connectivity index (χ3v) is 3.29. The number of nitrogens with one attached hydrogen (secondary N) is 1. The van der Waals surface area contributed by atoms with E-state index in [4.69, 9.17) is 4.74 Å². The standard InChI is InChI=1S/C10H16F3NO/c1-15-6-8(7-2-3-7)14-9(4-5-9)10(11,12)13/h7-8,14H,2-6H2,1H3. The molecule has 5 heteroatoms. The summed E-state index contributed by atoms with van der Waals surface area (Å²) in [4.78, 5) is 0. The quantitative estimate of drug-likeness (QED) is 0.770. The van der Waals surface area contributed by atoms with Crippen LogP contribution in [-0.2, 0) is 4.74 Å². The Morgan fingerprint density at radius 2 is 2.00 bits per heavy atom. The third-order valence-electron chi connectivity index (χ3n) is 3.29. The van der Waals surface area contributed by atoms with Gasteiger partial charge in [0.2, 0.25) is 0 Å². The molecule has 0 aromatic heterocycles. The molecule has 2 nitrogen and oxygen atoms in total. The van der Waals surface area contributed by atoms with Crippen LogP contribution < -0.4 is 5.32 Å². The molecular weight excluding hydrogens is 207 g/mol. The van der Waals surface area contributed by atoms with Crippen molar-refractivity contribution in [2.24, 2.45) is 5.92 Å². The van der Waals surface area contributed by atoms with Crippen molar-refractivity contribution >= 4 is 0 Å². The lowest BCUT2D eigenvalue weighted by Crippen LogP contribution is -2.52. The Balaban J connectivity index is 1.94. The van der Waals surface area contributed by atoms with Crippen molar-refractivity contribution in [2.45, 2.75) is 43.4 Å². The molecule has 2 saturated carbocycles. The Morgan fingerprint density at radius 3 is 2.33 bits per heavy atom. The van der Waals surface area contributed by atoms with Crippen LogP contribution in [0.1, 0.15) is 25.7 Å². The monoisotopic (exact) mass is 223 g/mol. The molecule has 0 heterocycles. The molecule has 15 heavy (non-hydrogen) atoms. The lowest BCUT2D eigenvalue weighted by molar-refractivity contribution is -0.169. The molecule has 0 saturated heterocycles. The first-order valence-corrected chi connectivity index (χ1v) is 5.32. The van der Waals surface area contributed by atoms with Gasteiger partial charge in [-0.3, -0.25) is 5.32 Å². The molecule has 0 aromatic carbocycles. The molecule has 2 rings (SSSR count). The fourth-order valence-corrected chi connectivity index (χ4v) is 1.96. The Hall–Kier alpha value is -0.290. The van der Waals surface area contributed by atoms with Crippen molar-refractivity contribution in [3.05, 3.63) is 0 Å². The van der Waals surface area contributed by atoms with Crippen LogP contribution >= 0.6 is 0 Å². The van der Waals surface area contributed by atoms with Crippen LogP contribution in [0.3, 0.4) is 0 Å². The first-order valence-electron chi connectivity index (χ1n) is 5.32. The van der Waals surface area contributed by atoms with E-state index in [0.29, 0.717) is 12.5 Å². The first kappa shape index (κ1) is 11.2. The van der Waals surface area contributed by atoms with Crippen molar-refractivity contribution in [1.29, 1.82) is 0 Å². The summed E-state index contributed by atoms with van der Waals surface area (Å²) in [5.74, 6) is 0.379. The van der Waals surface area contributed by atoms with Gasteiger partial charge in [-0.15, -0.1) is 0 Å². The van der Waals surface area contributed by atoms with Crippen molar-refractivity contribution in [3.63, 3.8) is 0 Å². The maximum atomic E-state index is 12.7. The van der Waals surface area contributed by atoms with Crippen molar-refractivity contribution in [2.75, 3.05) is 13.7 Å². The van der Waals surface area contributed by atoms with Gasteiger partial charge in [0.15, 0.2) is 0 Å². The molecule has 0 aliphatic heterocycles. The zero-order valence-corrected chi connectivity index (χ0v) is 8.73. The summed E-state index contributed by atoms with van der Waals surface area (Å²) in [6, 6.07) is -0.126. The summed E-state index contributed by atoms with van der Waals surface area (Å²) in [6.07, 6.45) is -1.65. The summed E-state index contributed by atoms with van der Waals surface area (Å²) < 4.78 is 43.0. The van der Waals surface area contributed by atoms with E-state index >= 15 is 0 Å². The average Bonchev–Trinajstić information content (AvgIpc) is 2.98. The van der Waals surface area contributed by atoms with Gasteiger partial charge in [-0.1, -0.05) is 0 Å². The van der Waals surface area contributed by atoms with Gasteiger partial charge >= 0.3 is 6.18 Å². The zero-order chi connectivity index (χ0) is 11.1. The van der Waals surface area contributed by atoms with Gasteiger partial charge in [0, 0.05) is 13.2 Å². The Labute approximate surface area is 87.2 Å². The number of ether oxygens (including phenoxy) is 1. The van der Waals surface area contributed by atoms with Gasteiger partial charge in [0.05, 0.1) is 6.61 Å². The van der Waals surface area contributed by atoms with Crippen molar-refractivity contribution < 1.29 is 17.9 Å². The maximum Gasteiger partial charge on any atom is 0.406 e. The summed E-state index contributed by atoms with van der Waals surface area (Å²) in [7, 11) is 1.53. The normalized spacial score (nSPS) is 26.4. The molecule has 1 N–H and O–H groups in total. The number of hydrogen-bond acceptors (Lipinski definition) is 2. The highest BCUT2D eigenvalue weighted by molar-refractivity contribution is 5.10. The van der Waals surface area contributed by atoms with Gasteiger partial charge < -0.3 is 4.74 Å². The van der Waals surface area contributed by atoms with Gasteiger partial charge in [0.1, 0.15) is 5.54 Å². The van der Waals surface area contributed by atoms with Crippen LogP contribution in [0.5, 0.6) is 0 Å². The SMILES string of the molecule is COCC(NC1(C(F)(F)F)CC1)C1CC1. The lowest BCUT2D eigenvalue weighted by Gasteiger charge is -2.27. The van der Waals surface area contributed by atoms with E-state index in [1.807, 2.05) is 0 Å². The Kier molecular flexibility index (Phi) is 2.71. The van der Waals surface area contributed by atoms with Gasteiger partial charge in [-0.05, 0) is 31.6 Å².